The van der Waals surface area contributed by atoms with Gasteiger partial charge in [-0.1, -0.05) is 43.2 Å². The molecular weight excluding hydrogens is 272 g/mol. The number of hydrogen-bond acceptors (Lipinski definition) is 2. The van der Waals surface area contributed by atoms with Gasteiger partial charge in [0.1, 0.15) is 0 Å². The topological polar surface area (TPSA) is 41.1 Å². The summed E-state index contributed by atoms with van der Waals surface area (Å²) in [4.78, 5) is 11.9. The van der Waals surface area contributed by atoms with E-state index in [0.717, 1.165) is 13.0 Å². The minimum atomic E-state index is 0. The number of carbonyl (C=O) groups is 1. The van der Waals surface area contributed by atoms with Crippen molar-refractivity contribution in [2.75, 3.05) is 13.6 Å². The highest BCUT2D eigenvalue weighted by Crippen LogP contribution is 2.32. The lowest BCUT2D eigenvalue weighted by Gasteiger charge is -2.32. The van der Waals surface area contributed by atoms with Crippen LogP contribution in [0.25, 0.3) is 0 Å². The molecule has 1 saturated carbocycles. The quantitative estimate of drug-likeness (QED) is 0.877. The second-order valence-electron chi connectivity index (χ2n) is 5.33. The van der Waals surface area contributed by atoms with E-state index in [1.54, 1.807) is 0 Å². The summed E-state index contributed by atoms with van der Waals surface area (Å²) in [5.41, 5.74) is 1.36. The molecule has 0 spiro atoms. The maximum absolute atomic E-state index is 11.9. The van der Waals surface area contributed by atoms with Crippen LogP contribution in [0, 0.1) is 0 Å². The molecule has 20 heavy (non-hydrogen) atoms. The van der Waals surface area contributed by atoms with Gasteiger partial charge in [0, 0.05) is 24.9 Å². The summed E-state index contributed by atoms with van der Waals surface area (Å²) in [6.45, 7) is 0.745. The first-order valence-corrected chi connectivity index (χ1v) is 7.30. The average Bonchev–Trinajstić information content (AvgIpc) is 2.46. The molecule has 1 fully saturated rings. The molecule has 1 aromatic rings. The SMILES string of the molecule is CNCCC(=O)NC1CCCCC1c1ccccc1.Cl. The predicted molar refractivity (Wildman–Crippen MR) is 85.4 cm³/mol. The van der Waals surface area contributed by atoms with Gasteiger partial charge in [0.25, 0.3) is 0 Å². The number of rotatable bonds is 5. The van der Waals surface area contributed by atoms with Gasteiger partial charge >= 0.3 is 0 Å². The first kappa shape index (κ1) is 17.0. The Morgan fingerprint density at radius 1 is 1.20 bits per heavy atom. The molecule has 1 aromatic carbocycles. The largest absolute Gasteiger partial charge is 0.353 e. The van der Waals surface area contributed by atoms with Crippen molar-refractivity contribution in [1.29, 1.82) is 0 Å². The number of carbonyl (C=O) groups excluding carboxylic acids is 1. The second kappa shape index (κ2) is 8.98. The third-order valence-electron chi connectivity index (χ3n) is 3.94. The van der Waals surface area contributed by atoms with E-state index in [-0.39, 0.29) is 18.3 Å². The van der Waals surface area contributed by atoms with E-state index in [4.69, 9.17) is 0 Å². The normalized spacial score (nSPS) is 21.9. The molecule has 0 saturated heterocycles. The molecule has 1 aliphatic carbocycles. The van der Waals surface area contributed by atoms with Crippen LogP contribution in [0.4, 0.5) is 0 Å². The number of hydrogen-bond donors (Lipinski definition) is 2. The van der Waals surface area contributed by atoms with Crippen molar-refractivity contribution in [1.82, 2.24) is 10.6 Å². The molecule has 1 aliphatic rings. The van der Waals surface area contributed by atoms with Crippen LogP contribution in [0.2, 0.25) is 0 Å². The Bertz CT molecular complexity index is 397. The maximum atomic E-state index is 11.9. The van der Waals surface area contributed by atoms with Crippen LogP contribution in [0.15, 0.2) is 30.3 Å². The Hall–Kier alpha value is -1.06. The van der Waals surface area contributed by atoms with Crippen molar-refractivity contribution >= 4 is 18.3 Å². The summed E-state index contributed by atoms with van der Waals surface area (Å²) >= 11 is 0. The van der Waals surface area contributed by atoms with Gasteiger partial charge in [0.2, 0.25) is 5.91 Å². The van der Waals surface area contributed by atoms with Gasteiger partial charge in [-0.25, -0.2) is 0 Å². The zero-order valence-electron chi connectivity index (χ0n) is 12.1. The van der Waals surface area contributed by atoms with Gasteiger partial charge < -0.3 is 10.6 Å². The molecule has 0 radical (unpaired) electrons. The summed E-state index contributed by atoms with van der Waals surface area (Å²) in [6, 6.07) is 10.9. The fraction of sp³-hybridized carbons (Fsp3) is 0.562. The average molecular weight is 297 g/mol. The second-order valence-corrected chi connectivity index (χ2v) is 5.33. The molecule has 2 N–H and O–H groups in total. The predicted octanol–water partition coefficient (Wildman–Crippen LogP) is 2.86. The summed E-state index contributed by atoms with van der Waals surface area (Å²) in [6.07, 6.45) is 5.34. The minimum absolute atomic E-state index is 0. The highest BCUT2D eigenvalue weighted by atomic mass is 35.5. The first-order valence-electron chi connectivity index (χ1n) is 7.30. The van der Waals surface area contributed by atoms with Gasteiger partial charge in [0.05, 0.1) is 0 Å². The third kappa shape index (κ3) is 4.80. The van der Waals surface area contributed by atoms with E-state index in [9.17, 15) is 4.79 Å². The highest BCUT2D eigenvalue weighted by molar-refractivity contribution is 5.85. The van der Waals surface area contributed by atoms with Gasteiger partial charge in [0.15, 0.2) is 0 Å². The molecule has 3 nitrogen and oxygen atoms in total. The van der Waals surface area contributed by atoms with Crippen LogP contribution in [0.3, 0.4) is 0 Å². The fourth-order valence-corrected chi connectivity index (χ4v) is 2.92. The molecule has 1 amide bonds. The first-order chi connectivity index (χ1) is 9.31. The number of nitrogens with one attached hydrogen (secondary N) is 2. The lowest BCUT2D eigenvalue weighted by molar-refractivity contribution is -0.122. The Morgan fingerprint density at radius 2 is 1.90 bits per heavy atom. The third-order valence-corrected chi connectivity index (χ3v) is 3.94. The molecule has 0 aliphatic heterocycles. The molecule has 0 heterocycles. The van der Waals surface area contributed by atoms with Crippen LogP contribution < -0.4 is 10.6 Å². The zero-order chi connectivity index (χ0) is 13.5. The van der Waals surface area contributed by atoms with Crippen molar-refractivity contribution in [2.45, 2.75) is 44.1 Å². The van der Waals surface area contributed by atoms with E-state index >= 15 is 0 Å². The van der Waals surface area contributed by atoms with E-state index in [0.29, 0.717) is 18.4 Å². The molecule has 0 bridgehead atoms. The molecule has 4 heteroatoms. The van der Waals surface area contributed by atoms with Crippen LogP contribution in [0.1, 0.15) is 43.6 Å². The van der Waals surface area contributed by atoms with Crippen LogP contribution in [-0.2, 0) is 4.79 Å². The number of halogens is 1. The number of amides is 1. The molecular formula is C16H25ClN2O. The minimum Gasteiger partial charge on any atom is -0.353 e. The molecule has 2 rings (SSSR count). The van der Waals surface area contributed by atoms with E-state index in [2.05, 4.69) is 34.9 Å². The van der Waals surface area contributed by atoms with Crippen LogP contribution in [-0.4, -0.2) is 25.5 Å². The molecule has 0 aromatic heterocycles. The monoisotopic (exact) mass is 296 g/mol. The zero-order valence-corrected chi connectivity index (χ0v) is 12.9. The summed E-state index contributed by atoms with van der Waals surface area (Å²) in [5, 5.41) is 6.24. The van der Waals surface area contributed by atoms with E-state index < -0.39 is 0 Å². The van der Waals surface area contributed by atoms with Gasteiger partial charge in [-0.2, -0.15) is 0 Å². The lowest BCUT2D eigenvalue weighted by Crippen LogP contribution is -2.41. The van der Waals surface area contributed by atoms with Crippen LogP contribution in [0.5, 0.6) is 0 Å². The van der Waals surface area contributed by atoms with Gasteiger partial charge in [-0.05, 0) is 25.5 Å². The van der Waals surface area contributed by atoms with Crippen molar-refractivity contribution in [3.8, 4) is 0 Å². The molecule has 2 unspecified atom stereocenters. The van der Waals surface area contributed by atoms with E-state index in [1.807, 2.05) is 13.1 Å². The maximum Gasteiger partial charge on any atom is 0.221 e. The summed E-state index contributed by atoms with van der Waals surface area (Å²) < 4.78 is 0. The summed E-state index contributed by atoms with van der Waals surface area (Å²) in [7, 11) is 1.88. The van der Waals surface area contributed by atoms with Crippen molar-refractivity contribution < 1.29 is 4.79 Å². The smallest absolute Gasteiger partial charge is 0.221 e. The molecule has 112 valence electrons. The fourth-order valence-electron chi connectivity index (χ4n) is 2.92. The Balaban J connectivity index is 0.00000200. The van der Waals surface area contributed by atoms with E-state index in [1.165, 1.54) is 24.8 Å². The van der Waals surface area contributed by atoms with Crippen molar-refractivity contribution in [3.05, 3.63) is 35.9 Å². The van der Waals surface area contributed by atoms with Gasteiger partial charge in [-0.15, -0.1) is 12.4 Å². The van der Waals surface area contributed by atoms with Crippen LogP contribution >= 0.6 is 12.4 Å². The Labute approximate surface area is 127 Å². The Morgan fingerprint density at radius 3 is 2.60 bits per heavy atom. The van der Waals surface area contributed by atoms with Gasteiger partial charge in [-0.3, -0.25) is 4.79 Å². The highest BCUT2D eigenvalue weighted by Gasteiger charge is 2.27. The Kier molecular flexibility index (Phi) is 7.63. The standard InChI is InChI=1S/C16H24N2O.ClH/c1-17-12-11-16(19)18-15-10-6-5-9-14(15)13-7-3-2-4-8-13;/h2-4,7-8,14-15,17H,5-6,9-12H2,1H3,(H,18,19);1H. The summed E-state index contributed by atoms with van der Waals surface area (Å²) in [5.74, 6) is 0.649. The van der Waals surface area contributed by atoms with Crippen molar-refractivity contribution in [3.63, 3.8) is 0 Å². The lowest BCUT2D eigenvalue weighted by atomic mass is 9.80. The van der Waals surface area contributed by atoms with Crippen molar-refractivity contribution in [2.24, 2.45) is 0 Å². The molecule has 2 atom stereocenters. The number of benzene rings is 1.